The van der Waals surface area contributed by atoms with Crippen LogP contribution in [-0.2, 0) is 11.2 Å². The third-order valence-electron chi connectivity index (χ3n) is 8.84. The zero-order valence-electron chi connectivity index (χ0n) is 29.0. The van der Waals surface area contributed by atoms with E-state index < -0.39 is 48.1 Å². The van der Waals surface area contributed by atoms with Crippen molar-refractivity contribution in [2.45, 2.75) is 57.6 Å². The van der Waals surface area contributed by atoms with E-state index in [2.05, 4.69) is 25.9 Å². The molecule has 0 radical (unpaired) electrons. The number of rotatable bonds is 12. The average Bonchev–Trinajstić information content (AvgIpc) is 3.98. The highest BCUT2D eigenvalue weighted by molar-refractivity contribution is 6.43. The molecule has 274 valence electrons. The molecule has 2 aliphatic rings. The highest BCUT2D eigenvalue weighted by atomic mass is 19.1. The van der Waals surface area contributed by atoms with Gasteiger partial charge < -0.3 is 40.6 Å². The lowest BCUT2D eigenvalue weighted by Gasteiger charge is -2.30. The molecule has 1 aliphatic carbocycles. The first-order valence-corrected chi connectivity index (χ1v) is 17.3. The van der Waals surface area contributed by atoms with E-state index in [1.807, 2.05) is 53.6 Å². The third kappa shape index (κ3) is 9.78. The van der Waals surface area contributed by atoms with Gasteiger partial charge in [-0.2, -0.15) is 0 Å². The first-order valence-electron chi connectivity index (χ1n) is 17.3. The van der Waals surface area contributed by atoms with Crippen molar-refractivity contribution in [1.82, 2.24) is 30.5 Å². The first kappa shape index (κ1) is 38.1. The van der Waals surface area contributed by atoms with Crippen molar-refractivity contribution >= 4 is 41.5 Å². The highest BCUT2D eigenvalue weighted by Crippen LogP contribution is 2.38. The summed E-state index contributed by atoms with van der Waals surface area (Å²) in [5, 5.41) is 37.1. The smallest absolute Gasteiger partial charge is 0.475 e. The Morgan fingerprint density at radius 2 is 1.77 bits per heavy atom. The van der Waals surface area contributed by atoms with Gasteiger partial charge in [-0.25, -0.2) is 14.2 Å². The zero-order chi connectivity index (χ0) is 37.4. The molecule has 6 N–H and O–H groups in total. The van der Waals surface area contributed by atoms with Crippen LogP contribution in [-0.4, -0.2) is 92.8 Å². The van der Waals surface area contributed by atoms with Gasteiger partial charge in [0.1, 0.15) is 23.1 Å². The van der Waals surface area contributed by atoms with Crippen molar-refractivity contribution < 1.29 is 33.9 Å². The SMILES string of the molecule is CC(C)C[C@H](NC(=O)[C@H](Cc1ccccc1)NC(=O)c1cnccn1)B(O)O.O=C(O)c1cn(C2CC2)c2cc(N3CCNCC3)c(F)cc2c1=O. The van der Waals surface area contributed by atoms with Gasteiger partial charge in [0.15, 0.2) is 0 Å². The largest absolute Gasteiger partial charge is 0.477 e. The summed E-state index contributed by atoms with van der Waals surface area (Å²) in [6, 6.07) is 11.4. The Labute approximate surface area is 300 Å². The van der Waals surface area contributed by atoms with E-state index in [9.17, 15) is 38.7 Å². The molecule has 0 bridgehead atoms. The third-order valence-corrected chi connectivity index (χ3v) is 8.84. The Bertz CT molecular complexity index is 1920. The second-order valence-corrected chi connectivity index (χ2v) is 13.3. The molecule has 2 aromatic carbocycles. The van der Waals surface area contributed by atoms with E-state index in [0.29, 0.717) is 30.7 Å². The molecule has 2 atom stereocenters. The minimum absolute atomic E-state index is 0.0919. The Morgan fingerprint density at radius 3 is 2.37 bits per heavy atom. The number of anilines is 1. The van der Waals surface area contributed by atoms with Crippen molar-refractivity contribution in [3.8, 4) is 0 Å². The molecule has 1 saturated heterocycles. The fourth-order valence-corrected chi connectivity index (χ4v) is 6.07. The van der Waals surface area contributed by atoms with Gasteiger partial charge in [-0.15, -0.1) is 0 Å². The van der Waals surface area contributed by atoms with Crippen LogP contribution in [0.2, 0.25) is 0 Å². The maximum Gasteiger partial charge on any atom is 0.475 e. The molecule has 0 spiro atoms. The molecule has 2 amide bonds. The number of hydrogen-bond acceptors (Lipinski definition) is 10. The molecule has 2 aromatic heterocycles. The zero-order valence-corrected chi connectivity index (χ0v) is 29.0. The summed E-state index contributed by atoms with van der Waals surface area (Å²) in [6.45, 7) is 6.79. The van der Waals surface area contributed by atoms with Gasteiger partial charge in [0.2, 0.25) is 11.3 Å². The van der Waals surface area contributed by atoms with Crippen LogP contribution in [0, 0.1) is 11.7 Å². The number of carbonyl (C=O) groups excluding carboxylic acids is 2. The summed E-state index contributed by atoms with van der Waals surface area (Å²) < 4.78 is 16.4. The van der Waals surface area contributed by atoms with Crippen molar-refractivity contribution in [3.63, 3.8) is 0 Å². The van der Waals surface area contributed by atoms with Crippen LogP contribution in [0.4, 0.5) is 10.1 Å². The summed E-state index contributed by atoms with van der Waals surface area (Å²) in [5.41, 5.74) is 1.11. The number of pyridine rings is 1. The molecule has 16 heteroatoms. The summed E-state index contributed by atoms with van der Waals surface area (Å²) in [6.07, 6.45) is 8.07. The van der Waals surface area contributed by atoms with Crippen molar-refractivity contribution in [2.75, 3.05) is 31.1 Å². The fraction of sp³-hybridized carbons (Fsp3) is 0.389. The molecule has 52 heavy (non-hydrogen) atoms. The van der Waals surface area contributed by atoms with Crippen LogP contribution >= 0.6 is 0 Å². The van der Waals surface area contributed by atoms with Crippen molar-refractivity contribution in [2.24, 2.45) is 5.92 Å². The normalized spacial score (nSPS) is 15.3. The lowest BCUT2D eigenvalue weighted by atomic mass is 9.75. The number of benzene rings is 2. The Hall–Kier alpha value is -5.19. The van der Waals surface area contributed by atoms with E-state index in [-0.39, 0.29) is 35.0 Å². The summed E-state index contributed by atoms with van der Waals surface area (Å²) in [7, 11) is -1.69. The quantitative estimate of drug-likeness (QED) is 0.117. The standard InChI is InChI=1S/C19H25BN4O4.C17H18FN3O3/c1-13(2)10-17(20(27)28)24-18(25)15(11-14-6-4-3-5-7-14)23-19(26)16-12-21-8-9-22-16;18-13-7-11-14(8-15(13)20-5-3-19-4-6-20)21(10-1-2-10)9-12(16(11)22)17(23)24/h3-9,12-13,15,17,27-28H,10-11H2,1-2H3,(H,23,26)(H,24,25);7-10,19H,1-6H2,(H,23,24)/t15-,17-;/m0./s1. The van der Waals surface area contributed by atoms with E-state index in [1.165, 1.54) is 30.9 Å². The van der Waals surface area contributed by atoms with E-state index in [0.717, 1.165) is 31.5 Å². The molecule has 1 aliphatic heterocycles. The minimum Gasteiger partial charge on any atom is -0.477 e. The Morgan fingerprint density at radius 1 is 1.06 bits per heavy atom. The molecular weight excluding hydrogens is 672 g/mol. The summed E-state index contributed by atoms with van der Waals surface area (Å²) >= 11 is 0. The molecule has 4 aromatic rings. The van der Waals surface area contributed by atoms with Crippen LogP contribution in [0.25, 0.3) is 10.9 Å². The van der Waals surface area contributed by atoms with Gasteiger partial charge in [0.25, 0.3) is 5.91 Å². The number of nitrogens with zero attached hydrogens (tertiary/aromatic N) is 4. The number of amides is 2. The van der Waals surface area contributed by atoms with Crippen LogP contribution in [0.3, 0.4) is 0 Å². The van der Waals surface area contributed by atoms with Gasteiger partial charge in [-0.05, 0) is 42.9 Å². The number of aromatic carboxylic acids is 1. The van der Waals surface area contributed by atoms with Gasteiger partial charge in [-0.3, -0.25) is 19.4 Å². The van der Waals surface area contributed by atoms with E-state index in [1.54, 1.807) is 6.07 Å². The first-order chi connectivity index (χ1) is 24.9. The Kier molecular flexibility index (Phi) is 12.7. The highest BCUT2D eigenvalue weighted by Gasteiger charge is 2.31. The second kappa shape index (κ2) is 17.4. The maximum atomic E-state index is 14.6. The van der Waals surface area contributed by atoms with Gasteiger partial charge in [-0.1, -0.05) is 44.2 Å². The number of halogens is 1. The van der Waals surface area contributed by atoms with Crippen LogP contribution in [0.1, 0.15) is 65.6 Å². The molecular formula is C36H43BFN7O7. The van der Waals surface area contributed by atoms with E-state index >= 15 is 0 Å². The molecule has 0 unspecified atom stereocenters. The molecule has 3 heterocycles. The average molecular weight is 716 g/mol. The lowest BCUT2D eigenvalue weighted by Crippen LogP contribution is -2.55. The monoisotopic (exact) mass is 715 g/mol. The van der Waals surface area contributed by atoms with Crippen molar-refractivity contribution in [3.05, 3.63) is 100 Å². The molecule has 6 rings (SSSR count). The van der Waals surface area contributed by atoms with Crippen LogP contribution in [0.15, 0.2) is 72.0 Å². The number of fused-ring (bicyclic) bond motifs is 1. The number of carboxylic acids is 1. The fourth-order valence-electron chi connectivity index (χ4n) is 6.07. The number of hydrogen-bond donors (Lipinski definition) is 6. The van der Waals surface area contributed by atoms with Gasteiger partial charge in [0, 0.05) is 62.6 Å². The minimum atomic E-state index is -1.69. The number of aromatic nitrogens is 3. The number of piperazine rings is 1. The van der Waals surface area contributed by atoms with Gasteiger partial charge >= 0.3 is 13.1 Å². The predicted octanol–water partition coefficient (Wildman–Crippen LogP) is 1.94. The maximum absolute atomic E-state index is 14.6. The number of nitrogens with one attached hydrogen (secondary N) is 3. The van der Waals surface area contributed by atoms with Gasteiger partial charge in [0.05, 0.1) is 23.3 Å². The lowest BCUT2D eigenvalue weighted by molar-refractivity contribution is -0.123. The number of carbonyl (C=O) groups is 3. The molecule has 14 nitrogen and oxygen atoms in total. The van der Waals surface area contributed by atoms with Crippen LogP contribution in [0.5, 0.6) is 0 Å². The van der Waals surface area contributed by atoms with Crippen LogP contribution < -0.4 is 26.3 Å². The Balaban J connectivity index is 0.000000203. The summed E-state index contributed by atoms with van der Waals surface area (Å²) in [4.78, 5) is 58.8. The van der Waals surface area contributed by atoms with Crippen molar-refractivity contribution in [1.29, 1.82) is 0 Å². The molecule has 1 saturated carbocycles. The number of carboxylic acid groups (broad SMARTS) is 1. The topological polar surface area (TPSA) is 199 Å². The predicted molar refractivity (Wildman–Crippen MR) is 193 cm³/mol. The van der Waals surface area contributed by atoms with E-state index in [4.69, 9.17) is 0 Å². The summed E-state index contributed by atoms with van der Waals surface area (Å²) in [5.74, 6) is -3.48. The molecule has 2 fully saturated rings. The second-order valence-electron chi connectivity index (χ2n) is 13.3.